The van der Waals surface area contributed by atoms with Crippen LogP contribution in [0, 0.1) is 13.8 Å². The van der Waals surface area contributed by atoms with E-state index in [-0.39, 0.29) is 18.1 Å². The number of carbonyl (C=O) groups is 1. The standard InChI is InChI=1S/C25H27BrN4O2S/c1-16-14-20(17(2)30(16)19-9-6-8-18(26)15-19)24-23(21-10-4-5-12-27-21)28-25(33)29(24)13-7-11-22(31)32-3/h4-6,8-10,12,14-15,23-24H,7,11,13H2,1-3H3,(H,28,33)/t23-,24+/m0/s1. The first kappa shape index (κ1) is 23.4. The van der Waals surface area contributed by atoms with E-state index < -0.39 is 0 Å². The molecule has 1 aliphatic heterocycles. The third kappa shape index (κ3) is 4.82. The molecule has 1 aromatic carbocycles. The number of ether oxygens (including phenoxy) is 1. The van der Waals surface area contributed by atoms with Crippen LogP contribution < -0.4 is 5.32 Å². The second kappa shape index (κ2) is 10.1. The first-order valence-electron chi connectivity index (χ1n) is 10.9. The van der Waals surface area contributed by atoms with Crippen molar-refractivity contribution in [3.05, 3.63) is 81.8 Å². The number of aryl methyl sites for hydroxylation is 1. The summed E-state index contributed by atoms with van der Waals surface area (Å²) in [4.78, 5) is 18.5. The Hall–Kier alpha value is -2.71. The fourth-order valence-electron chi connectivity index (χ4n) is 4.58. The van der Waals surface area contributed by atoms with Crippen molar-refractivity contribution in [2.75, 3.05) is 13.7 Å². The molecule has 0 aliphatic carbocycles. The van der Waals surface area contributed by atoms with Gasteiger partial charge in [0.1, 0.15) is 0 Å². The maximum absolute atomic E-state index is 11.7. The fourth-order valence-corrected chi connectivity index (χ4v) is 5.30. The summed E-state index contributed by atoms with van der Waals surface area (Å²) in [5, 5.41) is 4.16. The number of methoxy groups -OCH3 is 1. The van der Waals surface area contributed by atoms with Gasteiger partial charge in [-0.2, -0.15) is 0 Å². The van der Waals surface area contributed by atoms with Gasteiger partial charge in [0.25, 0.3) is 0 Å². The van der Waals surface area contributed by atoms with Crippen LogP contribution in [-0.4, -0.2) is 39.2 Å². The Bertz CT molecular complexity index is 1160. The third-order valence-corrected chi connectivity index (χ3v) is 6.91. The lowest BCUT2D eigenvalue weighted by atomic mass is 9.96. The van der Waals surface area contributed by atoms with Crippen LogP contribution in [-0.2, 0) is 9.53 Å². The largest absolute Gasteiger partial charge is 0.469 e. The van der Waals surface area contributed by atoms with Gasteiger partial charge in [-0.3, -0.25) is 9.78 Å². The van der Waals surface area contributed by atoms with Crippen molar-refractivity contribution in [3.63, 3.8) is 0 Å². The van der Waals surface area contributed by atoms with Gasteiger partial charge in [-0.1, -0.05) is 28.1 Å². The second-order valence-electron chi connectivity index (χ2n) is 8.14. The van der Waals surface area contributed by atoms with E-state index in [1.165, 1.54) is 12.7 Å². The Morgan fingerprint density at radius 2 is 2.03 bits per heavy atom. The SMILES string of the molecule is COC(=O)CCCN1C(=S)N[C@@H](c2ccccn2)[C@H]1c1cc(C)n(-c2cccc(Br)c2)c1C. The molecule has 6 nitrogen and oxygen atoms in total. The van der Waals surface area contributed by atoms with E-state index in [0.29, 0.717) is 24.5 Å². The van der Waals surface area contributed by atoms with Gasteiger partial charge in [-0.15, -0.1) is 0 Å². The topological polar surface area (TPSA) is 59.4 Å². The van der Waals surface area contributed by atoms with Crippen LogP contribution in [0.3, 0.4) is 0 Å². The van der Waals surface area contributed by atoms with Gasteiger partial charge in [0.05, 0.1) is 24.9 Å². The number of esters is 1. The minimum absolute atomic E-state index is 0.0443. The highest BCUT2D eigenvalue weighted by Crippen LogP contribution is 2.41. The molecule has 2 aromatic heterocycles. The van der Waals surface area contributed by atoms with Crippen molar-refractivity contribution in [1.82, 2.24) is 19.8 Å². The smallest absolute Gasteiger partial charge is 0.305 e. The molecule has 0 spiro atoms. The van der Waals surface area contributed by atoms with E-state index in [4.69, 9.17) is 17.0 Å². The van der Waals surface area contributed by atoms with Crippen molar-refractivity contribution in [2.45, 2.75) is 38.8 Å². The number of rotatable bonds is 7. The van der Waals surface area contributed by atoms with Gasteiger partial charge in [0, 0.05) is 40.7 Å². The molecule has 0 amide bonds. The van der Waals surface area contributed by atoms with Gasteiger partial charge < -0.3 is 19.5 Å². The van der Waals surface area contributed by atoms with Crippen LogP contribution in [0.2, 0.25) is 0 Å². The molecule has 172 valence electrons. The minimum atomic E-state index is -0.210. The molecular weight excluding hydrogens is 500 g/mol. The molecule has 3 aromatic rings. The van der Waals surface area contributed by atoms with E-state index in [1.807, 2.05) is 36.5 Å². The third-order valence-electron chi connectivity index (χ3n) is 6.06. The van der Waals surface area contributed by atoms with Crippen LogP contribution in [0.5, 0.6) is 0 Å². The molecule has 1 N–H and O–H groups in total. The number of hydrogen-bond donors (Lipinski definition) is 1. The van der Waals surface area contributed by atoms with Crippen molar-refractivity contribution in [1.29, 1.82) is 0 Å². The summed E-state index contributed by atoms with van der Waals surface area (Å²) in [5.41, 5.74) is 5.53. The average molecular weight is 527 g/mol. The van der Waals surface area contributed by atoms with Gasteiger partial charge in [0.15, 0.2) is 5.11 Å². The number of benzene rings is 1. The van der Waals surface area contributed by atoms with Crippen molar-refractivity contribution < 1.29 is 9.53 Å². The quantitative estimate of drug-likeness (QED) is 0.338. The monoisotopic (exact) mass is 526 g/mol. The van der Waals surface area contributed by atoms with Crippen molar-refractivity contribution in [3.8, 4) is 5.69 Å². The molecule has 1 fully saturated rings. The van der Waals surface area contributed by atoms with E-state index >= 15 is 0 Å². The van der Waals surface area contributed by atoms with Gasteiger partial charge in [0.2, 0.25) is 0 Å². The number of halogens is 1. The van der Waals surface area contributed by atoms with Crippen LogP contribution in [0.15, 0.2) is 59.2 Å². The highest BCUT2D eigenvalue weighted by Gasteiger charge is 2.41. The first-order chi connectivity index (χ1) is 15.9. The molecule has 1 saturated heterocycles. The van der Waals surface area contributed by atoms with E-state index in [2.05, 4.69) is 67.7 Å². The lowest BCUT2D eigenvalue weighted by Gasteiger charge is -2.28. The normalized spacial score (nSPS) is 17.8. The van der Waals surface area contributed by atoms with Crippen LogP contribution >= 0.6 is 28.1 Å². The zero-order valence-corrected chi connectivity index (χ0v) is 21.3. The molecule has 0 radical (unpaired) electrons. The Balaban J connectivity index is 1.75. The fraction of sp³-hybridized carbons (Fsp3) is 0.320. The number of carbonyl (C=O) groups excluding carboxylic acids is 1. The summed E-state index contributed by atoms with van der Waals surface area (Å²) in [6.45, 7) is 4.91. The number of pyridine rings is 1. The van der Waals surface area contributed by atoms with E-state index in [1.54, 1.807) is 0 Å². The second-order valence-corrected chi connectivity index (χ2v) is 9.44. The van der Waals surface area contributed by atoms with Gasteiger partial charge >= 0.3 is 5.97 Å². The lowest BCUT2D eigenvalue weighted by molar-refractivity contribution is -0.140. The van der Waals surface area contributed by atoms with Crippen LogP contribution in [0.4, 0.5) is 0 Å². The zero-order valence-electron chi connectivity index (χ0n) is 18.9. The maximum Gasteiger partial charge on any atom is 0.305 e. The number of nitrogens with one attached hydrogen (secondary N) is 1. The number of nitrogens with zero attached hydrogens (tertiary/aromatic N) is 3. The van der Waals surface area contributed by atoms with Crippen molar-refractivity contribution in [2.24, 2.45) is 0 Å². The molecule has 8 heteroatoms. The Kier molecular flexibility index (Phi) is 7.14. The molecule has 4 rings (SSSR count). The predicted molar refractivity (Wildman–Crippen MR) is 136 cm³/mol. The molecule has 1 aliphatic rings. The van der Waals surface area contributed by atoms with Gasteiger partial charge in [-0.05, 0) is 74.4 Å². The molecule has 0 saturated carbocycles. The Morgan fingerprint density at radius 3 is 2.73 bits per heavy atom. The first-order valence-corrected chi connectivity index (χ1v) is 12.1. The molecular formula is C25H27BrN4O2S. The summed E-state index contributed by atoms with van der Waals surface area (Å²) in [6, 6.07) is 16.3. The summed E-state index contributed by atoms with van der Waals surface area (Å²) < 4.78 is 8.12. The minimum Gasteiger partial charge on any atom is -0.469 e. The summed E-state index contributed by atoms with van der Waals surface area (Å²) in [6.07, 6.45) is 2.82. The van der Waals surface area contributed by atoms with Crippen LogP contribution in [0.25, 0.3) is 5.69 Å². The predicted octanol–water partition coefficient (Wildman–Crippen LogP) is 5.18. The average Bonchev–Trinajstić information content (AvgIpc) is 3.29. The zero-order chi connectivity index (χ0) is 23.5. The number of thiocarbonyl (C=S) groups is 1. The maximum atomic E-state index is 11.7. The number of aromatic nitrogens is 2. The molecule has 0 bridgehead atoms. The molecule has 0 unspecified atom stereocenters. The van der Waals surface area contributed by atoms with Crippen molar-refractivity contribution >= 4 is 39.2 Å². The lowest BCUT2D eigenvalue weighted by Crippen LogP contribution is -2.31. The summed E-state index contributed by atoms with van der Waals surface area (Å²) in [7, 11) is 1.42. The molecule has 33 heavy (non-hydrogen) atoms. The Labute approximate surface area is 208 Å². The summed E-state index contributed by atoms with van der Waals surface area (Å²) >= 11 is 9.34. The van der Waals surface area contributed by atoms with E-state index in [9.17, 15) is 4.79 Å². The van der Waals surface area contributed by atoms with Gasteiger partial charge in [-0.25, -0.2) is 0 Å². The van der Waals surface area contributed by atoms with E-state index in [0.717, 1.165) is 27.2 Å². The molecule has 2 atom stereocenters. The Morgan fingerprint density at radius 1 is 1.21 bits per heavy atom. The molecule has 3 heterocycles. The van der Waals surface area contributed by atoms with Crippen LogP contribution in [0.1, 0.15) is 47.6 Å². The highest BCUT2D eigenvalue weighted by atomic mass is 79.9. The number of hydrogen-bond acceptors (Lipinski definition) is 4. The summed E-state index contributed by atoms with van der Waals surface area (Å²) in [5.74, 6) is -0.210. The highest BCUT2D eigenvalue weighted by molar-refractivity contribution is 9.10.